The number of piperidine rings is 1. The van der Waals surface area contributed by atoms with Gasteiger partial charge < -0.3 is 14.8 Å². The van der Waals surface area contributed by atoms with Crippen molar-refractivity contribution in [1.82, 2.24) is 4.90 Å². The number of nitrogens with zero attached hydrogens (tertiary/aromatic N) is 1. The van der Waals surface area contributed by atoms with E-state index in [2.05, 4.69) is 22.3 Å². The number of likely N-dealkylation sites (tertiary alicyclic amines) is 1. The number of carbonyl (C=O) groups excluding carboxylic acids is 1. The lowest BCUT2D eigenvalue weighted by Crippen LogP contribution is -2.37. The van der Waals surface area contributed by atoms with E-state index in [0.717, 1.165) is 49.7 Å². The lowest BCUT2D eigenvalue weighted by atomic mass is 9.95. The van der Waals surface area contributed by atoms with E-state index >= 15 is 0 Å². The average molecular weight is 354 g/mol. The average Bonchev–Trinajstić information content (AvgIpc) is 2.69. The Morgan fingerprint density at radius 1 is 1.04 bits per heavy atom. The molecule has 0 unspecified atom stereocenters. The molecule has 0 aliphatic carbocycles. The molecule has 1 aliphatic heterocycles. The summed E-state index contributed by atoms with van der Waals surface area (Å²) in [5.41, 5.74) is 2.02. The van der Waals surface area contributed by atoms with E-state index in [0.29, 0.717) is 0 Å². The summed E-state index contributed by atoms with van der Waals surface area (Å²) in [6.07, 6.45) is 1.75. The summed E-state index contributed by atoms with van der Waals surface area (Å²) in [6, 6.07) is 15.6. The van der Waals surface area contributed by atoms with Gasteiger partial charge in [-0.15, -0.1) is 0 Å². The number of benzene rings is 2. The maximum absolute atomic E-state index is 12.5. The number of amides is 1. The van der Waals surface area contributed by atoms with Gasteiger partial charge in [0, 0.05) is 24.2 Å². The van der Waals surface area contributed by atoms with E-state index in [4.69, 9.17) is 9.47 Å². The Kier molecular flexibility index (Phi) is 6.12. The molecule has 0 aromatic heterocycles. The highest BCUT2D eigenvalue weighted by atomic mass is 16.5. The van der Waals surface area contributed by atoms with E-state index in [1.54, 1.807) is 14.2 Å². The number of methoxy groups -OCH3 is 2. The minimum atomic E-state index is 0.0581. The number of anilines is 1. The highest BCUT2D eigenvalue weighted by Crippen LogP contribution is 2.23. The smallest absolute Gasteiger partial charge is 0.227 e. The van der Waals surface area contributed by atoms with Crippen molar-refractivity contribution in [2.24, 2.45) is 5.92 Å². The maximum atomic E-state index is 12.5. The summed E-state index contributed by atoms with van der Waals surface area (Å²) < 4.78 is 10.5. The van der Waals surface area contributed by atoms with E-state index < -0.39 is 0 Å². The van der Waals surface area contributed by atoms with Crippen LogP contribution in [0.4, 0.5) is 5.69 Å². The first-order chi connectivity index (χ1) is 12.7. The van der Waals surface area contributed by atoms with Crippen molar-refractivity contribution in [1.29, 1.82) is 0 Å². The summed E-state index contributed by atoms with van der Waals surface area (Å²) >= 11 is 0. The quantitative estimate of drug-likeness (QED) is 0.862. The predicted octanol–water partition coefficient (Wildman–Crippen LogP) is 3.55. The fourth-order valence-corrected chi connectivity index (χ4v) is 3.33. The molecule has 0 radical (unpaired) electrons. The molecular weight excluding hydrogens is 328 g/mol. The normalized spacial score (nSPS) is 15.5. The van der Waals surface area contributed by atoms with Crippen molar-refractivity contribution < 1.29 is 14.3 Å². The van der Waals surface area contributed by atoms with E-state index in [1.807, 2.05) is 36.4 Å². The zero-order chi connectivity index (χ0) is 18.4. The molecule has 0 saturated carbocycles. The number of hydrogen-bond acceptors (Lipinski definition) is 4. The van der Waals surface area contributed by atoms with Crippen LogP contribution in [0, 0.1) is 5.92 Å². The zero-order valence-electron chi connectivity index (χ0n) is 15.4. The second-order valence-corrected chi connectivity index (χ2v) is 6.62. The predicted molar refractivity (Wildman–Crippen MR) is 103 cm³/mol. The van der Waals surface area contributed by atoms with Crippen molar-refractivity contribution >= 4 is 11.6 Å². The third kappa shape index (κ3) is 4.76. The van der Waals surface area contributed by atoms with E-state index in [1.165, 1.54) is 5.56 Å². The number of ether oxygens (including phenoxy) is 2. The number of rotatable bonds is 6. The van der Waals surface area contributed by atoms with Gasteiger partial charge in [-0.2, -0.15) is 0 Å². The van der Waals surface area contributed by atoms with Gasteiger partial charge in [-0.1, -0.05) is 18.2 Å². The van der Waals surface area contributed by atoms with Crippen LogP contribution in [-0.4, -0.2) is 38.1 Å². The van der Waals surface area contributed by atoms with Crippen LogP contribution >= 0.6 is 0 Å². The van der Waals surface area contributed by atoms with E-state index in [-0.39, 0.29) is 11.8 Å². The van der Waals surface area contributed by atoms with Gasteiger partial charge in [-0.25, -0.2) is 0 Å². The standard InChI is InChI=1S/C21H26N2O3/c1-25-19-7-3-5-16(13-19)15-23-11-9-17(10-12-23)21(24)22-18-6-4-8-20(14-18)26-2/h3-8,13-14,17H,9-12,15H2,1-2H3,(H,22,24). The van der Waals surface area contributed by atoms with Gasteiger partial charge in [0.1, 0.15) is 11.5 Å². The molecule has 1 saturated heterocycles. The molecule has 5 heteroatoms. The van der Waals surface area contributed by atoms with Crippen molar-refractivity contribution in [2.75, 3.05) is 32.6 Å². The first-order valence-corrected chi connectivity index (χ1v) is 8.98. The molecule has 138 valence electrons. The Morgan fingerprint density at radius 3 is 2.38 bits per heavy atom. The molecule has 0 bridgehead atoms. The first-order valence-electron chi connectivity index (χ1n) is 8.98. The van der Waals surface area contributed by atoms with Gasteiger partial charge in [0.05, 0.1) is 14.2 Å². The molecular formula is C21H26N2O3. The van der Waals surface area contributed by atoms with Crippen LogP contribution in [0.5, 0.6) is 11.5 Å². The first kappa shape index (κ1) is 18.3. The summed E-state index contributed by atoms with van der Waals surface area (Å²) in [5.74, 6) is 1.79. The van der Waals surface area contributed by atoms with Crippen LogP contribution in [0.3, 0.4) is 0 Å². The minimum Gasteiger partial charge on any atom is -0.497 e. The topological polar surface area (TPSA) is 50.8 Å². The van der Waals surface area contributed by atoms with Gasteiger partial charge in [-0.05, 0) is 55.8 Å². The number of nitrogens with one attached hydrogen (secondary N) is 1. The summed E-state index contributed by atoms with van der Waals surface area (Å²) in [6.45, 7) is 2.74. The van der Waals surface area contributed by atoms with Crippen LogP contribution in [0.2, 0.25) is 0 Å². The summed E-state index contributed by atoms with van der Waals surface area (Å²) in [4.78, 5) is 14.9. The summed E-state index contributed by atoms with van der Waals surface area (Å²) in [5, 5.41) is 3.01. The highest BCUT2D eigenvalue weighted by molar-refractivity contribution is 5.92. The molecule has 1 fully saturated rings. The Hall–Kier alpha value is -2.53. The molecule has 2 aromatic carbocycles. The van der Waals surface area contributed by atoms with Crippen LogP contribution < -0.4 is 14.8 Å². The van der Waals surface area contributed by atoms with E-state index in [9.17, 15) is 4.79 Å². The van der Waals surface area contributed by atoms with Crippen molar-refractivity contribution in [2.45, 2.75) is 19.4 Å². The Bertz CT molecular complexity index is 740. The molecule has 26 heavy (non-hydrogen) atoms. The zero-order valence-corrected chi connectivity index (χ0v) is 15.4. The number of carbonyl (C=O) groups is 1. The molecule has 1 aliphatic rings. The molecule has 5 nitrogen and oxygen atoms in total. The summed E-state index contributed by atoms with van der Waals surface area (Å²) in [7, 11) is 3.31. The monoisotopic (exact) mass is 354 g/mol. The molecule has 1 heterocycles. The second-order valence-electron chi connectivity index (χ2n) is 6.62. The Balaban J connectivity index is 1.50. The van der Waals surface area contributed by atoms with Crippen molar-refractivity contribution in [3.63, 3.8) is 0 Å². The Morgan fingerprint density at radius 2 is 1.69 bits per heavy atom. The molecule has 0 atom stereocenters. The third-order valence-corrected chi connectivity index (χ3v) is 4.84. The van der Waals surface area contributed by atoms with Gasteiger partial charge >= 0.3 is 0 Å². The fourth-order valence-electron chi connectivity index (χ4n) is 3.33. The second kappa shape index (κ2) is 8.72. The molecule has 1 N–H and O–H groups in total. The van der Waals surface area contributed by atoms with Crippen LogP contribution in [0.25, 0.3) is 0 Å². The molecule has 3 rings (SSSR count). The third-order valence-electron chi connectivity index (χ3n) is 4.84. The largest absolute Gasteiger partial charge is 0.497 e. The van der Waals surface area contributed by atoms with Crippen LogP contribution in [0.15, 0.2) is 48.5 Å². The van der Waals surface area contributed by atoms with Crippen LogP contribution in [0.1, 0.15) is 18.4 Å². The number of hydrogen-bond donors (Lipinski definition) is 1. The lowest BCUT2D eigenvalue weighted by molar-refractivity contribution is -0.121. The molecule has 1 amide bonds. The van der Waals surface area contributed by atoms with Crippen molar-refractivity contribution in [3.05, 3.63) is 54.1 Å². The highest BCUT2D eigenvalue weighted by Gasteiger charge is 2.25. The van der Waals surface area contributed by atoms with Gasteiger partial charge in [-0.3, -0.25) is 9.69 Å². The molecule has 0 spiro atoms. The van der Waals surface area contributed by atoms with Crippen molar-refractivity contribution in [3.8, 4) is 11.5 Å². The minimum absolute atomic E-state index is 0.0581. The van der Waals surface area contributed by atoms with Crippen LogP contribution in [-0.2, 0) is 11.3 Å². The maximum Gasteiger partial charge on any atom is 0.227 e. The SMILES string of the molecule is COc1cccc(CN2CCC(C(=O)Nc3cccc(OC)c3)CC2)c1. The fraction of sp³-hybridized carbons (Fsp3) is 0.381. The molecule has 2 aromatic rings. The van der Waals surface area contributed by atoms with Gasteiger partial charge in [0.25, 0.3) is 0 Å². The Labute approximate surface area is 154 Å². The lowest BCUT2D eigenvalue weighted by Gasteiger charge is -2.31. The van der Waals surface area contributed by atoms with Gasteiger partial charge in [0.15, 0.2) is 0 Å². The van der Waals surface area contributed by atoms with Gasteiger partial charge in [0.2, 0.25) is 5.91 Å².